The number of anilines is 1. The van der Waals surface area contributed by atoms with Gasteiger partial charge in [-0.25, -0.2) is 4.98 Å². The topological polar surface area (TPSA) is 122 Å². The average Bonchev–Trinajstić information content (AvgIpc) is 2.94. The van der Waals surface area contributed by atoms with Crippen LogP contribution in [-0.2, 0) is 16.0 Å². The minimum absolute atomic E-state index is 0.179. The van der Waals surface area contributed by atoms with Gasteiger partial charge >= 0.3 is 11.8 Å². The monoisotopic (exact) mass is 374 g/mol. The zero-order valence-corrected chi connectivity index (χ0v) is 16.3. The van der Waals surface area contributed by atoms with E-state index in [0.717, 1.165) is 6.42 Å². The van der Waals surface area contributed by atoms with Crippen molar-refractivity contribution in [2.75, 3.05) is 11.9 Å². The lowest BCUT2D eigenvalue weighted by Gasteiger charge is -2.10. The predicted molar refractivity (Wildman–Crippen MR) is 102 cm³/mol. The van der Waals surface area contributed by atoms with E-state index in [1.807, 2.05) is 20.8 Å². The van der Waals surface area contributed by atoms with Crippen LogP contribution in [0.4, 0.5) is 5.82 Å². The van der Waals surface area contributed by atoms with Gasteiger partial charge in [0.1, 0.15) is 5.82 Å². The Morgan fingerprint density at radius 2 is 1.96 bits per heavy atom. The number of aromatic nitrogens is 4. The first-order valence-corrected chi connectivity index (χ1v) is 8.98. The predicted octanol–water partition coefficient (Wildman–Crippen LogP) is 1.24. The molecule has 0 bridgehead atoms. The highest BCUT2D eigenvalue weighted by Gasteiger charge is 2.18. The molecule has 9 heteroatoms. The van der Waals surface area contributed by atoms with E-state index in [1.54, 1.807) is 19.9 Å². The van der Waals surface area contributed by atoms with Gasteiger partial charge in [-0.15, -0.1) is 0 Å². The number of rotatable bonds is 6. The lowest BCUT2D eigenvalue weighted by atomic mass is 10.1. The first-order valence-electron chi connectivity index (χ1n) is 8.98. The number of hydrogen-bond acceptors (Lipinski definition) is 5. The van der Waals surface area contributed by atoms with Crippen LogP contribution in [0.5, 0.6) is 0 Å². The number of carbonyl (C=O) groups excluding carboxylic acids is 2. The van der Waals surface area contributed by atoms with Gasteiger partial charge < -0.3 is 10.6 Å². The van der Waals surface area contributed by atoms with E-state index >= 15 is 0 Å². The Kier molecular flexibility index (Phi) is 6.49. The first-order chi connectivity index (χ1) is 12.7. The van der Waals surface area contributed by atoms with Crippen LogP contribution in [0, 0.1) is 19.8 Å². The summed E-state index contributed by atoms with van der Waals surface area (Å²) in [6.45, 7) is 9.85. The number of hydrogen-bond donors (Lipinski definition) is 3. The van der Waals surface area contributed by atoms with Crippen LogP contribution in [-0.4, -0.2) is 38.1 Å². The Morgan fingerprint density at radius 3 is 2.56 bits per heavy atom. The number of carbonyl (C=O) groups is 2. The molecule has 2 aromatic heterocycles. The molecule has 2 aromatic rings. The van der Waals surface area contributed by atoms with E-state index in [-0.39, 0.29) is 17.3 Å². The Morgan fingerprint density at radius 1 is 1.26 bits per heavy atom. The van der Waals surface area contributed by atoms with Crippen LogP contribution in [0.1, 0.15) is 44.1 Å². The highest BCUT2D eigenvalue weighted by atomic mass is 16.2. The summed E-state index contributed by atoms with van der Waals surface area (Å²) in [5.41, 5.74) is 1.54. The number of nitrogens with zero attached hydrogens (tertiary/aromatic N) is 3. The van der Waals surface area contributed by atoms with Crippen molar-refractivity contribution < 1.29 is 9.59 Å². The normalized spacial score (nSPS) is 10.9. The molecule has 0 unspecified atom stereocenters. The molecule has 146 valence electrons. The van der Waals surface area contributed by atoms with Crippen molar-refractivity contribution in [1.82, 2.24) is 25.1 Å². The lowest BCUT2D eigenvalue weighted by molar-refractivity contribution is -0.136. The molecule has 9 nitrogen and oxygen atoms in total. The maximum Gasteiger partial charge on any atom is 0.314 e. The smallest absolute Gasteiger partial charge is 0.314 e. The Balaban J connectivity index is 2.22. The van der Waals surface area contributed by atoms with Crippen molar-refractivity contribution in [1.29, 1.82) is 0 Å². The maximum atomic E-state index is 12.2. The molecule has 0 aromatic carbocycles. The van der Waals surface area contributed by atoms with Crippen LogP contribution in [0.3, 0.4) is 0 Å². The average molecular weight is 374 g/mol. The quantitative estimate of drug-likeness (QED) is 0.657. The fraction of sp³-hybridized carbons (Fsp3) is 0.500. The number of H-pyrrole nitrogens is 1. The highest BCUT2D eigenvalue weighted by molar-refractivity contribution is 6.39. The summed E-state index contributed by atoms with van der Waals surface area (Å²) in [6, 6.07) is 1.60. The molecule has 0 saturated carbocycles. The van der Waals surface area contributed by atoms with E-state index in [4.69, 9.17) is 0 Å². The van der Waals surface area contributed by atoms with Gasteiger partial charge in [0.2, 0.25) is 5.95 Å². The van der Waals surface area contributed by atoms with Crippen LogP contribution >= 0.6 is 0 Å². The molecule has 3 N–H and O–H groups in total. The molecule has 0 spiro atoms. The van der Waals surface area contributed by atoms with Gasteiger partial charge in [-0.05, 0) is 32.6 Å². The second-order valence-corrected chi connectivity index (χ2v) is 6.78. The summed E-state index contributed by atoms with van der Waals surface area (Å²) in [5, 5.41) is 9.36. The van der Waals surface area contributed by atoms with E-state index in [2.05, 4.69) is 25.7 Å². The van der Waals surface area contributed by atoms with Crippen molar-refractivity contribution in [3.05, 3.63) is 33.4 Å². The summed E-state index contributed by atoms with van der Waals surface area (Å²) < 4.78 is 1.31. The number of aromatic amines is 1. The summed E-state index contributed by atoms with van der Waals surface area (Å²) in [7, 11) is 0. The molecule has 2 heterocycles. The number of amides is 2. The fourth-order valence-corrected chi connectivity index (χ4v) is 2.59. The maximum absolute atomic E-state index is 12.2. The van der Waals surface area contributed by atoms with E-state index in [9.17, 15) is 14.4 Å². The summed E-state index contributed by atoms with van der Waals surface area (Å²) in [5.74, 6) is -0.666. The molecule has 0 aliphatic carbocycles. The van der Waals surface area contributed by atoms with Crippen LogP contribution < -0.4 is 16.2 Å². The molecule has 2 amide bonds. The van der Waals surface area contributed by atoms with Gasteiger partial charge in [0.25, 0.3) is 5.56 Å². The van der Waals surface area contributed by atoms with Crippen molar-refractivity contribution >= 4 is 17.6 Å². The van der Waals surface area contributed by atoms with Crippen molar-refractivity contribution in [2.45, 2.75) is 47.5 Å². The van der Waals surface area contributed by atoms with Gasteiger partial charge in [0.15, 0.2) is 0 Å². The van der Waals surface area contributed by atoms with E-state index in [0.29, 0.717) is 35.8 Å². The molecule has 0 radical (unpaired) electrons. The van der Waals surface area contributed by atoms with Crippen molar-refractivity contribution in [2.24, 2.45) is 5.92 Å². The molecular weight excluding hydrogens is 348 g/mol. The second kappa shape index (κ2) is 8.61. The fourth-order valence-electron chi connectivity index (χ4n) is 2.59. The zero-order valence-electron chi connectivity index (χ0n) is 16.3. The summed E-state index contributed by atoms with van der Waals surface area (Å²) in [4.78, 5) is 43.3. The third kappa shape index (κ3) is 5.02. The third-order valence-electron chi connectivity index (χ3n) is 4.05. The minimum Gasteiger partial charge on any atom is -0.348 e. The number of nitrogens with one attached hydrogen (secondary N) is 3. The Labute approximate surface area is 157 Å². The third-order valence-corrected chi connectivity index (χ3v) is 4.05. The van der Waals surface area contributed by atoms with Gasteiger partial charge in [0.05, 0.1) is 5.69 Å². The summed E-state index contributed by atoms with van der Waals surface area (Å²) in [6.07, 6.45) is 1.34. The summed E-state index contributed by atoms with van der Waals surface area (Å²) >= 11 is 0. The van der Waals surface area contributed by atoms with Crippen LogP contribution in [0.15, 0.2) is 10.9 Å². The van der Waals surface area contributed by atoms with Gasteiger partial charge in [-0.1, -0.05) is 20.8 Å². The minimum atomic E-state index is -0.802. The Bertz CT molecular complexity index is 897. The van der Waals surface area contributed by atoms with Gasteiger partial charge in [-0.3, -0.25) is 19.4 Å². The molecule has 27 heavy (non-hydrogen) atoms. The van der Waals surface area contributed by atoms with Gasteiger partial charge in [0, 0.05) is 23.9 Å². The second-order valence-electron chi connectivity index (χ2n) is 6.78. The molecule has 0 aliphatic rings. The van der Waals surface area contributed by atoms with Crippen molar-refractivity contribution in [3.63, 3.8) is 0 Å². The molecule has 0 fully saturated rings. The lowest BCUT2D eigenvalue weighted by Crippen LogP contribution is -2.36. The standard InChI is InChI=1S/C18H26N6O3/c1-6-13-12(5)20-18(22-15(13)25)24-14(9-11(4)23-24)21-17(27)16(26)19-8-7-10(2)3/h9-10H,6-8H2,1-5H3,(H,19,26)(H,21,27)(H,20,22,25). The molecule has 0 atom stereocenters. The molecular formula is C18H26N6O3. The first kappa shape index (κ1) is 20.3. The molecule has 0 saturated heterocycles. The largest absolute Gasteiger partial charge is 0.348 e. The van der Waals surface area contributed by atoms with E-state index in [1.165, 1.54) is 4.68 Å². The zero-order chi connectivity index (χ0) is 20.1. The molecule has 2 rings (SSSR count). The molecule has 0 aliphatic heterocycles. The number of aryl methyl sites for hydroxylation is 2. The SMILES string of the molecule is CCc1c(C)nc(-n2nc(C)cc2NC(=O)C(=O)NCCC(C)C)[nH]c1=O. The van der Waals surface area contributed by atoms with Crippen LogP contribution in [0.2, 0.25) is 0 Å². The van der Waals surface area contributed by atoms with E-state index < -0.39 is 11.8 Å². The Hall–Kier alpha value is -2.97. The van der Waals surface area contributed by atoms with Crippen LogP contribution in [0.25, 0.3) is 5.95 Å². The van der Waals surface area contributed by atoms with Gasteiger partial charge in [-0.2, -0.15) is 9.78 Å². The highest BCUT2D eigenvalue weighted by Crippen LogP contribution is 2.14. The van der Waals surface area contributed by atoms with Crippen molar-refractivity contribution in [3.8, 4) is 5.95 Å².